The average molecular weight is 413 g/mol. The smallest absolute Gasteiger partial charge is 0.321 e. The quantitative estimate of drug-likeness (QED) is 0.445. The van der Waals surface area contributed by atoms with E-state index in [0.29, 0.717) is 25.6 Å². The van der Waals surface area contributed by atoms with E-state index in [9.17, 15) is 4.79 Å². The number of carbonyl (C=O) groups is 1. The number of nitrogens with one attached hydrogen (secondary N) is 1. The van der Waals surface area contributed by atoms with Crippen LogP contribution in [-0.2, 0) is 6.54 Å². The van der Waals surface area contributed by atoms with Crippen molar-refractivity contribution < 1.29 is 9.53 Å². The van der Waals surface area contributed by atoms with Gasteiger partial charge in [0.2, 0.25) is 0 Å². The predicted octanol–water partition coefficient (Wildman–Crippen LogP) is 4.45. The van der Waals surface area contributed by atoms with Crippen LogP contribution in [0.15, 0.2) is 42.5 Å². The zero-order valence-electron chi connectivity index (χ0n) is 16.5. The van der Waals surface area contributed by atoms with Crippen molar-refractivity contribution in [3.8, 4) is 17.0 Å². The minimum absolute atomic E-state index is 0.0540. The fourth-order valence-corrected chi connectivity index (χ4v) is 3.96. The van der Waals surface area contributed by atoms with Crippen molar-refractivity contribution in [2.24, 2.45) is 0 Å². The van der Waals surface area contributed by atoms with E-state index >= 15 is 0 Å². The molecular weight excluding hydrogens is 388 g/mol. The summed E-state index contributed by atoms with van der Waals surface area (Å²) >= 11 is 5.74. The maximum Gasteiger partial charge on any atom is 0.321 e. The summed E-state index contributed by atoms with van der Waals surface area (Å²) in [6, 6.07) is 13.9. The van der Waals surface area contributed by atoms with E-state index in [2.05, 4.69) is 16.8 Å². The van der Waals surface area contributed by atoms with Gasteiger partial charge in [0, 0.05) is 48.2 Å². The maximum atomic E-state index is 11.9. The molecule has 0 aliphatic carbocycles. The maximum absolute atomic E-state index is 11.9. The van der Waals surface area contributed by atoms with E-state index in [-0.39, 0.29) is 6.03 Å². The van der Waals surface area contributed by atoms with E-state index in [4.69, 9.17) is 22.1 Å². The summed E-state index contributed by atoms with van der Waals surface area (Å²) in [6.07, 6.45) is 0.809. The van der Waals surface area contributed by atoms with Crippen LogP contribution in [0.1, 0.15) is 13.3 Å². The lowest BCUT2D eigenvalue weighted by Crippen LogP contribution is -2.27. The van der Waals surface area contributed by atoms with Gasteiger partial charge in [0.25, 0.3) is 0 Å². The number of carbonyl (C=O) groups excluding carboxylic acids is 1. The van der Waals surface area contributed by atoms with Gasteiger partial charge in [-0.05, 0) is 37.6 Å². The number of anilines is 2. The van der Waals surface area contributed by atoms with Crippen LogP contribution in [0.4, 0.5) is 16.2 Å². The van der Waals surface area contributed by atoms with Gasteiger partial charge in [-0.3, -0.25) is 4.90 Å². The molecule has 1 saturated heterocycles. The number of nitrogens with zero attached hydrogens (tertiary/aromatic N) is 2. The molecule has 1 aliphatic heterocycles. The molecule has 0 atom stereocenters. The topological polar surface area (TPSA) is 72.5 Å². The zero-order valence-corrected chi connectivity index (χ0v) is 17.2. The summed E-state index contributed by atoms with van der Waals surface area (Å²) < 4.78 is 8.01. The van der Waals surface area contributed by atoms with E-state index in [1.165, 1.54) is 0 Å². The molecule has 1 aliphatic rings. The second-order valence-electron chi connectivity index (χ2n) is 7.01. The third-order valence-corrected chi connectivity index (χ3v) is 5.51. The van der Waals surface area contributed by atoms with E-state index in [1.807, 2.05) is 42.5 Å². The first-order chi connectivity index (χ1) is 14.1. The van der Waals surface area contributed by atoms with Crippen LogP contribution in [0.3, 0.4) is 0 Å². The molecule has 2 heterocycles. The molecule has 1 fully saturated rings. The lowest BCUT2D eigenvalue weighted by Gasteiger charge is -2.15. The fourth-order valence-electron chi connectivity index (χ4n) is 3.85. The van der Waals surface area contributed by atoms with Gasteiger partial charge in [0.1, 0.15) is 5.75 Å². The molecule has 7 heteroatoms. The Bertz CT molecular complexity index is 1030. The molecule has 29 heavy (non-hydrogen) atoms. The molecule has 3 aromatic rings. The van der Waals surface area contributed by atoms with Crippen molar-refractivity contribution in [1.82, 2.24) is 9.88 Å². The second kappa shape index (κ2) is 8.25. The number of halogens is 1. The molecule has 152 valence electrons. The Morgan fingerprint density at radius 1 is 1.21 bits per heavy atom. The van der Waals surface area contributed by atoms with Crippen molar-refractivity contribution in [1.29, 1.82) is 0 Å². The van der Waals surface area contributed by atoms with Crippen LogP contribution in [-0.4, -0.2) is 36.2 Å². The van der Waals surface area contributed by atoms with Gasteiger partial charge in [0.15, 0.2) is 0 Å². The number of hydrogen-bond acceptors (Lipinski definition) is 3. The van der Waals surface area contributed by atoms with Crippen LogP contribution >= 0.6 is 11.6 Å². The van der Waals surface area contributed by atoms with Crippen LogP contribution < -0.4 is 20.7 Å². The number of rotatable bonds is 7. The van der Waals surface area contributed by atoms with Gasteiger partial charge in [-0.2, -0.15) is 0 Å². The highest BCUT2D eigenvalue weighted by atomic mass is 35.5. The van der Waals surface area contributed by atoms with E-state index in [1.54, 1.807) is 4.90 Å². The van der Waals surface area contributed by atoms with Crippen molar-refractivity contribution in [2.75, 3.05) is 36.2 Å². The number of alkyl halides is 1. The summed E-state index contributed by atoms with van der Waals surface area (Å²) in [7, 11) is 0. The number of hydrogen-bond donors (Lipinski definition) is 2. The lowest BCUT2D eigenvalue weighted by atomic mass is 10.1. The molecule has 2 aromatic carbocycles. The Labute approximate surface area is 175 Å². The van der Waals surface area contributed by atoms with E-state index in [0.717, 1.165) is 52.3 Å². The van der Waals surface area contributed by atoms with Crippen LogP contribution in [0.2, 0.25) is 0 Å². The Morgan fingerprint density at radius 3 is 2.66 bits per heavy atom. The summed E-state index contributed by atoms with van der Waals surface area (Å²) in [5, 5.41) is 3.84. The summed E-state index contributed by atoms with van der Waals surface area (Å²) in [6.45, 7) is 4.83. The number of nitrogens with two attached hydrogens (primary N) is 1. The number of urea groups is 1. The summed E-state index contributed by atoms with van der Waals surface area (Å²) in [5.41, 5.74) is 11.2. The van der Waals surface area contributed by atoms with Gasteiger partial charge < -0.3 is 20.4 Å². The number of nitrogen functional groups attached to an aromatic ring is 1. The van der Waals surface area contributed by atoms with Crippen LogP contribution in [0.5, 0.6) is 5.75 Å². The summed E-state index contributed by atoms with van der Waals surface area (Å²) in [5.74, 6) is 1.40. The van der Waals surface area contributed by atoms with Crippen molar-refractivity contribution in [3.05, 3.63) is 42.5 Å². The monoisotopic (exact) mass is 412 g/mol. The Kier molecular flexibility index (Phi) is 5.53. The highest BCUT2D eigenvalue weighted by Gasteiger charge is 2.22. The average Bonchev–Trinajstić information content (AvgIpc) is 3.29. The molecule has 6 nitrogen and oxygen atoms in total. The molecular formula is C22H25ClN4O2. The second-order valence-corrected chi connectivity index (χ2v) is 7.38. The van der Waals surface area contributed by atoms with Gasteiger partial charge in [-0.1, -0.05) is 12.1 Å². The first kappa shape index (κ1) is 19.5. The molecule has 0 radical (unpaired) electrons. The van der Waals surface area contributed by atoms with Gasteiger partial charge in [0.05, 0.1) is 23.5 Å². The number of fused-ring (bicyclic) bond motifs is 1. The van der Waals surface area contributed by atoms with Crippen molar-refractivity contribution in [2.45, 2.75) is 19.9 Å². The minimum atomic E-state index is -0.0540. The van der Waals surface area contributed by atoms with Crippen LogP contribution in [0, 0.1) is 0 Å². The number of ether oxygens (including phenoxy) is 1. The molecule has 0 bridgehead atoms. The minimum Gasteiger partial charge on any atom is -0.493 e. The Balaban J connectivity index is 1.71. The molecule has 0 spiro atoms. The summed E-state index contributed by atoms with van der Waals surface area (Å²) in [4.78, 5) is 13.6. The normalized spacial score (nSPS) is 13.9. The van der Waals surface area contributed by atoms with Crippen molar-refractivity contribution in [3.63, 3.8) is 0 Å². The van der Waals surface area contributed by atoms with Crippen LogP contribution in [0.25, 0.3) is 22.2 Å². The van der Waals surface area contributed by atoms with Gasteiger partial charge >= 0.3 is 6.03 Å². The predicted molar refractivity (Wildman–Crippen MR) is 119 cm³/mol. The van der Waals surface area contributed by atoms with Gasteiger partial charge in [-0.25, -0.2) is 4.79 Å². The highest BCUT2D eigenvalue weighted by molar-refractivity contribution is 6.17. The SMILES string of the molecule is CCn1c(-c2ccc(N3CCNC3=O)cc2)c(N)c2ccc(OCCCCl)cc21. The number of benzene rings is 2. The van der Waals surface area contributed by atoms with E-state index < -0.39 is 0 Å². The third kappa shape index (κ3) is 3.60. The van der Waals surface area contributed by atoms with Gasteiger partial charge in [-0.15, -0.1) is 11.6 Å². The first-order valence-electron chi connectivity index (χ1n) is 9.90. The highest BCUT2D eigenvalue weighted by Crippen LogP contribution is 2.38. The first-order valence-corrected chi connectivity index (χ1v) is 10.4. The molecule has 3 N–H and O–H groups in total. The zero-order chi connectivity index (χ0) is 20.4. The standard InChI is InChI=1S/C22H25ClN4O2/c1-2-26-19-14-17(29-13-3-10-23)8-9-18(19)20(24)21(26)15-4-6-16(7-5-15)27-12-11-25-22(27)28/h4-9,14H,2-3,10-13,24H2,1H3,(H,25,28). The number of amides is 2. The molecule has 0 unspecified atom stereocenters. The Hall–Kier alpha value is -2.86. The van der Waals surface area contributed by atoms with Crippen molar-refractivity contribution >= 4 is 39.9 Å². The molecule has 4 rings (SSSR count). The number of aromatic nitrogens is 1. The largest absolute Gasteiger partial charge is 0.493 e. The third-order valence-electron chi connectivity index (χ3n) is 5.25. The number of aryl methyl sites for hydroxylation is 1. The fraction of sp³-hybridized carbons (Fsp3) is 0.318. The molecule has 2 amide bonds. The molecule has 0 saturated carbocycles. The Morgan fingerprint density at radius 2 is 2.00 bits per heavy atom. The lowest BCUT2D eigenvalue weighted by molar-refractivity contribution is 0.252. The molecule has 1 aromatic heterocycles.